The second-order valence-corrected chi connectivity index (χ2v) is 5.73. The molecule has 1 heterocycles. The van der Waals surface area contributed by atoms with Crippen molar-refractivity contribution in [3.63, 3.8) is 0 Å². The molecule has 0 fully saturated rings. The van der Waals surface area contributed by atoms with Crippen molar-refractivity contribution in [1.82, 2.24) is 14.8 Å². The molecular formula is C11H12BrN3O2S. The number of aliphatic hydroxyl groups is 1. The first-order chi connectivity index (χ1) is 8.49. The topological polar surface area (TPSA) is 70.9 Å². The number of aromatic nitrogens is 3. The van der Waals surface area contributed by atoms with Gasteiger partial charge in [-0.2, -0.15) is 0 Å². The summed E-state index contributed by atoms with van der Waals surface area (Å²) in [7, 11) is 1.66. The number of hydrogen-bond acceptors (Lipinski definition) is 4. The quantitative estimate of drug-likeness (QED) is 0.904. The minimum absolute atomic E-state index is 0.239. The van der Waals surface area contributed by atoms with Crippen molar-refractivity contribution >= 4 is 27.7 Å². The van der Waals surface area contributed by atoms with E-state index in [2.05, 4.69) is 26.1 Å². The van der Waals surface area contributed by atoms with Crippen LogP contribution in [0.25, 0.3) is 0 Å². The number of halogens is 1. The molecule has 1 aromatic carbocycles. The van der Waals surface area contributed by atoms with E-state index in [9.17, 15) is 9.90 Å². The van der Waals surface area contributed by atoms with Gasteiger partial charge in [-0.3, -0.25) is 4.57 Å². The molecule has 2 rings (SSSR count). The van der Waals surface area contributed by atoms with Gasteiger partial charge in [-0.15, -0.1) is 5.10 Å². The minimum Gasteiger partial charge on any atom is -0.389 e. The zero-order chi connectivity index (χ0) is 13.3. The van der Waals surface area contributed by atoms with Gasteiger partial charge in [-0.1, -0.05) is 22.0 Å². The molecular weight excluding hydrogens is 318 g/mol. The van der Waals surface area contributed by atoms with Crippen molar-refractivity contribution in [3.05, 3.63) is 38.7 Å². The molecule has 1 aromatic heterocycles. The van der Waals surface area contributed by atoms with Gasteiger partial charge in [-0.25, -0.2) is 9.89 Å². The first-order valence-corrected chi connectivity index (χ1v) is 6.86. The second kappa shape index (κ2) is 5.29. The summed E-state index contributed by atoms with van der Waals surface area (Å²) in [6, 6.07) is 5.63. The van der Waals surface area contributed by atoms with E-state index in [0.717, 1.165) is 14.9 Å². The third-order valence-corrected chi connectivity index (χ3v) is 4.19. The Morgan fingerprint density at radius 3 is 2.78 bits per heavy atom. The number of H-pyrrole nitrogens is 1. The van der Waals surface area contributed by atoms with E-state index in [1.54, 1.807) is 14.0 Å². The van der Waals surface area contributed by atoms with E-state index in [1.165, 1.54) is 16.3 Å². The Labute approximate surface area is 116 Å². The van der Waals surface area contributed by atoms with Crippen molar-refractivity contribution in [2.24, 2.45) is 7.05 Å². The Morgan fingerprint density at radius 1 is 1.56 bits per heavy atom. The Morgan fingerprint density at radius 2 is 2.28 bits per heavy atom. The zero-order valence-corrected chi connectivity index (χ0v) is 12.2. The summed E-state index contributed by atoms with van der Waals surface area (Å²) in [6.07, 6.45) is -0.520. The van der Waals surface area contributed by atoms with E-state index >= 15 is 0 Å². The van der Waals surface area contributed by atoms with Crippen LogP contribution >= 0.6 is 27.7 Å². The van der Waals surface area contributed by atoms with Gasteiger partial charge in [0.25, 0.3) is 0 Å². The van der Waals surface area contributed by atoms with Gasteiger partial charge in [0, 0.05) is 16.4 Å². The van der Waals surface area contributed by atoms with Crippen LogP contribution in [0.15, 0.2) is 37.5 Å². The summed E-state index contributed by atoms with van der Waals surface area (Å²) >= 11 is 4.79. The van der Waals surface area contributed by atoms with E-state index in [4.69, 9.17) is 0 Å². The van der Waals surface area contributed by atoms with Crippen LogP contribution in [0.5, 0.6) is 0 Å². The fraction of sp³-hybridized carbons (Fsp3) is 0.273. The highest BCUT2D eigenvalue weighted by Crippen LogP contribution is 2.31. The van der Waals surface area contributed by atoms with Gasteiger partial charge < -0.3 is 5.11 Å². The zero-order valence-electron chi connectivity index (χ0n) is 9.85. The predicted octanol–water partition coefficient (Wildman–Crippen LogP) is 2.08. The van der Waals surface area contributed by atoms with Crippen molar-refractivity contribution in [2.45, 2.75) is 23.1 Å². The SMILES string of the molecule is C[C@H](O)c1ccc(Sc2n[nH]c(=O)n2C)cc1Br. The van der Waals surface area contributed by atoms with Crippen molar-refractivity contribution in [1.29, 1.82) is 0 Å². The molecule has 1 atom stereocenters. The molecule has 0 unspecified atom stereocenters. The van der Waals surface area contributed by atoms with Gasteiger partial charge in [-0.05, 0) is 36.4 Å². The number of nitrogens with one attached hydrogen (secondary N) is 1. The molecule has 2 aromatic rings. The number of aromatic amines is 1. The van der Waals surface area contributed by atoms with Crippen LogP contribution in [0.3, 0.4) is 0 Å². The summed E-state index contributed by atoms with van der Waals surface area (Å²) in [5.41, 5.74) is 0.590. The molecule has 18 heavy (non-hydrogen) atoms. The molecule has 7 heteroatoms. The summed E-state index contributed by atoms with van der Waals surface area (Å²) in [5.74, 6) is 0. The highest BCUT2D eigenvalue weighted by Gasteiger charge is 2.10. The van der Waals surface area contributed by atoms with Crippen LogP contribution in [0.4, 0.5) is 0 Å². The van der Waals surface area contributed by atoms with Gasteiger partial charge >= 0.3 is 5.69 Å². The Bertz CT molecular complexity index is 621. The molecule has 0 saturated heterocycles. The molecule has 2 N–H and O–H groups in total. The second-order valence-electron chi connectivity index (χ2n) is 3.83. The Hall–Kier alpha value is -1.05. The van der Waals surface area contributed by atoms with Crippen LogP contribution < -0.4 is 5.69 Å². The van der Waals surface area contributed by atoms with E-state index in [0.29, 0.717) is 5.16 Å². The fourth-order valence-electron chi connectivity index (χ4n) is 1.44. The molecule has 0 aliphatic carbocycles. The highest BCUT2D eigenvalue weighted by atomic mass is 79.9. The molecule has 0 saturated carbocycles. The van der Waals surface area contributed by atoms with Gasteiger partial charge in [0.1, 0.15) is 0 Å². The molecule has 0 aliphatic heterocycles. The molecule has 96 valence electrons. The number of rotatable bonds is 3. The molecule has 0 amide bonds. The lowest BCUT2D eigenvalue weighted by Gasteiger charge is -2.08. The normalized spacial score (nSPS) is 12.7. The van der Waals surface area contributed by atoms with Crippen molar-refractivity contribution < 1.29 is 5.11 Å². The van der Waals surface area contributed by atoms with Gasteiger partial charge in [0.2, 0.25) is 0 Å². The van der Waals surface area contributed by atoms with Crippen LogP contribution in [0, 0.1) is 0 Å². The fourth-order valence-corrected chi connectivity index (χ4v) is 3.14. The van der Waals surface area contributed by atoms with E-state index < -0.39 is 6.10 Å². The Kier molecular flexibility index (Phi) is 3.94. The maximum atomic E-state index is 11.2. The maximum Gasteiger partial charge on any atom is 0.343 e. The monoisotopic (exact) mass is 329 g/mol. The third-order valence-electron chi connectivity index (χ3n) is 2.47. The molecule has 0 radical (unpaired) electrons. The highest BCUT2D eigenvalue weighted by molar-refractivity contribution is 9.10. The van der Waals surface area contributed by atoms with E-state index in [-0.39, 0.29) is 5.69 Å². The van der Waals surface area contributed by atoms with Crippen LogP contribution in [0.2, 0.25) is 0 Å². The van der Waals surface area contributed by atoms with Crippen molar-refractivity contribution in [3.8, 4) is 0 Å². The standard InChI is InChI=1S/C11H12BrN3O2S/c1-6(16)8-4-3-7(5-9(8)12)18-11-14-13-10(17)15(11)2/h3-6,16H,1-2H3,(H,13,17)/t6-/m0/s1. The smallest absolute Gasteiger partial charge is 0.343 e. The summed E-state index contributed by atoms with van der Waals surface area (Å²) < 4.78 is 2.28. The first kappa shape index (κ1) is 13.4. The lowest BCUT2D eigenvalue weighted by molar-refractivity contribution is 0.198. The average Bonchev–Trinajstić information content (AvgIpc) is 2.61. The van der Waals surface area contributed by atoms with E-state index in [1.807, 2.05) is 18.2 Å². The number of aliphatic hydroxyl groups excluding tert-OH is 1. The number of benzene rings is 1. The van der Waals surface area contributed by atoms with Crippen LogP contribution in [-0.2, 0) is 7.05 Å². The number of nitrogens with zero attached hydrogens (tertiary/aromatic N) is 2. The molecule has 0 spiro atoms. The lowest BCUT2D eigenvalue weighted by Crippen LogP contribution is -2.12. The number of hydrogen-bond donors (Lipinski definition) is 2. The van der Waals surface area contributed by atoms with Crippen molar-refractivity contribution in [2.75, 3.05) is 0 Å². The van der Waals surface area contributed by atoms with Crippen LogP contribution in [-0.4, -0.2) is 19.9 Å². The third kappa shape index (κ3) is 2.68. The molecule has 0 bridgehead atoms. The Balaban J connectivity index is 2.28. The molecule has 5 nitrogen and oxygen atoms in total. The summed E-state index contributed by atoms with van der Waals surface area (Å²) in [5, 5.41) is 16.4. The van der Waals surface area contributed by atoms with Gasteiger partial charge in [0.15, 0.2) is 5.16 Å². The minimum atomic E-state index is -0.520. The predicted molar refractivity (Wildman–Crippen MR) is 72.7 cm³/mol. The average molecular weight is 330 g/mol. The van der Waals surface area contributed by atoms with Gasteiger partial charge in [0.05, 0.1) is 6.10 Å². The summed E-state index contributed by atoms with van der Waals surface area (Å²) in [4.78, 5) is 12.2. The van der Waals surface area contributed by atoms with Crippen LogP contribution in [0.1, 0.15) is 18.6 Å². The summed E-state index contributed by atoms with van der Waals surface area (Å²) in [6.45, 7) is 1.71. The lowest BCUT2D eigenvalue weighted by atomic mass is 10.1. The molecule has 0 aliphatic rings. The largest absolute Gasteiger partial charge is 0.389 e. The maximum absolute atomic E-state index is 11.2. The first-order valence-electron chi connectivity index (χ1n) is 5.26.